The lowest BCUT2D eigenvalue weighted by molar-refractivity contribution is -0.118. The third kappa shape index (κ3) is 3.20. The van der Waals surface area contributed by atoms with E-state index in [1.54, 1.807) is 18.5 Å². The Morgan fingerprint density at radius 2 is 2.00 bits per heavy atom. The van der Waals surface area contributed by atoms with Crippen LogP contribution in [0.2, 0.25) is 0 Å². The number of aryl methyl sites for hydroxylation is 2. The molecular weight excluding hydrogens is 358 g/mol. The average Bonchev–Trinajstić information content (AvgIpc) is 3.14. The molecule has 0 bridgehead atoms. The van der Waals surface area contributed by atoms with E-state index < -0.39 is 21.7 Å². The lowest BCUT2D eigenvalue weighted by atomic mass is 9.87. The van der Waals surface area contributed by atoms with Gasteiger partial charge in [-0.25, -0.2) is 8.42 Å². The van der Waals surface area contributed by atoms with Crippen LogP contribution in [0.3, 0.4) is 0 Å². The zero-order valence-electron chi connectivity index (χ0n) is 15.0. The third-order valence-corrected chi connectivity index (χ3v) is 6.80. The van der Waals surface area contributed by atoms with Crippen LogP contribution in [0.4, 0.5) is 0 Å². The lowest BCUT2D eigenvalue weighted by Crippen LogP contribution is -2.22. The second-order valence-corrected chi connectivity index (χ2v) is 9.16. The summed E-state index contributed by atoms with van der Waals surface area (Å²) >= 11 is 0. The first-order valence-corrected chi connectivity index (χ1v) is 10.2. The van der Waals surface area contributed by atoms with Crippen molar-refractivity contribution in [3.8, 4) is 0 Å². The summed E-state index contributed by atoms with van der Waals surface area (Å²) < 4.78 is 25.4. The molecule has 1 fully saturated rings. The van der Waals surface area contributed by atoms with E-state index >= 15 is 0 Å². The number of carbonyl (C=O) groups is 1. The van der Waals surface area contributed by atoms with Gasteiger partial charge in [0.25, 0.3) is 5.56 Å². The molecule has 4 N–H and O–H groups in total. The van der Waals surface area contributed by atoms with Crippen LogP contribution in [0.1, 0.15) is 53.0 Å². The quantitative estimate of drug-likeness (QED) is 0.677. The first-order chi connectivity index (χ1) is 12.1. The SMILES string of the molecule is Cc1nn([C@@H]2CCS(=O)(=O)C2)c(C)c1[C@H](CC(N)=O)c1c(C)[nH][nH]c1=O. The number of hydrogen-bond acceptors (Lipinski definition) is 5. The Hall–Kier alpha value is -2.36. The molecule has 1 aliphatic heterocycles. The van der Waals surface area contributed by atoms with Gasteiger partial charge in [-0.2, -0.15) is 5.10 Å². The van der Waals surface area contributed by atoms with Crippen LogP contribution in [0, 0.1) is 20.8 Å². The van der Waals surface area contributed by atoms with E-state index in [1.165, 1.54) is 0 Å². The van der Waals surface area contributed by atoms with Gasteiger partial charge in [-0.05, 0) is 27.2 Å². The van der Waals surface area contributed by atoms with Crippen molar-refractivity contribution in [1.29, 1.82) is 0 Å². The monoisotopic (exact) mass is 381 g/mol. The maximum absolute atomic E-state index is 12.3. The van der Waals surface area contributed by atoms with Gasteiger partial charge in [0.1, 0.15) is 0 Å². The highest BCUT2D eigenvalue weighted by molar-refractivity contribution is 7.91. The topological polar surface area (TPSA) is 144 Å². The molecule has 3 heterocycles. The smallest absolute Gasteiger partial charge is 0.267 e. The second-order valence-electron chi connectivity index (χ2n) is 6.93. The molecular formula is C16H23N5O4S. The molecule has 9 nitrogen and oxygen atoms in total. The molecule has 26 heavy (non-hydrogen) atoms. The Kier molecular flexibility index (Phi) is 4.55. The zero-order valence-corrected chi connectivity index (χ0v) is 15.8. The average molecular weight is 381 g/mol. The number of nitrogens with zero attached hydrogens (tertiary/aromatic N) is 2. The van der Waals surface area contributed by atoms with E-state index in [9.17, 15) is 18.0 Å². The van der Waals surface area contributed by atoms with E-state index in [0.717, 1.165) is 11.3 Å². The van der Waals surface area contributed by atoms with Crippen molar-refractivity contribution < 1.29 is 13.2 Å². The molecule has 0 aromatic carbocycles. The Balaban J connectivity index is 2.11. The molecule has 1 aliphatic rings. The van der Waals surface area contributed by atoms with Crippen molar-refractivity contribution in [3.63, 3.8) is 0 Å². The zero-order chi connectivity index (χ0) is 19.2. The molecule has 0 spiro atoms. The van der Waals surface area contributed by atoms with E-state index in [-0.39, 0.29) is 29.5 Å². The van der Waals surface area contributed by atoms with Crippen molar-refractivity contribution in [1.82, 2.24) is 20.0 Å². The van der Waals surface area contributed by atoms with Gasteiger partial charge in [0.2, 0.25) is 5.91 Å². The summed E-state index contributed by atoms with van der Waals surface area (Å²) in [5.74, 6) is -0.857. The first-order valence-electron chi connectivity index (χ1n) is 8.42. The van der Waals surface area contributed by atoms with Gasteiger partial charge in [-0.15, -0.1) is 0 Å². The highest BCUT2D eigenvalue weighted by Gasteiger charge is 2.34. The minimum Gasteiger partial charge on any atom is -0.370 e. The summed E-state index contributed by atoms with van der Waals surface area (Å²) in [4.78, 5) is 23.9. The summed E-state index contributed by atoms with van der Waals surface area (Å²) in [5.41, 5.74) is 8.40. The number of sulfone groups is 1. The normalized spacial score (nSPS) is 20.3. The van der Waals surface area contributed by atoms with Gasteiger partial charge < -0.3 is 10.8 Å². The molecule has 0 radical (unpaired) electrons. The highest BCUT2D eigenvalue weighted by Crippen LogP contribution is 2.34. The molecule has 10 heteroatoms. The number of carbonyl (C=O) groups excluding carboxylic acids is 1. The van der Waals surface area contributed by atoms with Crippen LogP contribution in [0.5, 0.6) is 0 Å². The minimum absolute atomic E-state index is 0.0297. The molecule has 2 aromatic rings. The number of primary amides is 1. The van der Waals surface area contributed by atoms with Gasteiger partial charge in [0.05, 0.1) is 23.2 Å². The van der Waals surface area contributed by atoms with Gasteiger partial charge in [0.15, 0.2) is 9.84 Å². The summed E-state index contributed by atoms with van der Waals surface area (Å²) in [7, 11) is -3.05. The number of rotatable bonds is 5. The van der Waals surface area contributed by atoms with E-state index in [0.29, 0.717) is 23.4 Å². The number of nitrogens with one attached hydrogen (secondary N) is 2. The van der Waals surface area contributed by atoms with E-state index in [1.807, 2.05) is 6.92 Å². The highest BCUT2D eigenvalue weighted by atomic mass is 32.2. The fraction of sp³-hybridized carbons (Fsp3) is 0.562. The maximum Gasteiger partial charge on any atom is 0.267 e. The number of nitrogens with two attached hydrogens (primary N) is 1. The van der Waals surface area contributed by atoms with Crippen LogP contribution >= 0.6 is 0 Å². The molecule has 0 aliphatic carbocycles. The predicted octanol–water partition coefficient (Wildman–Crippen LogP) is 0.192. The van der Waals surface area contributed by atoms with Crippen molar-refractivity contribution >= 4 is 15.7 Å². The maximum atomic E-state index is 12.3. The number of H-pyrrole nitrogens is 2. The lowest BCUT2D eigenvalue weighted by Gasteiger charge is -2.17. The van der Waals surface area contributed by atoms with E-state index in [4.69, 9.17) is 5.73 Å². The third-order valence-electron chi connectivity index (χ3n) is 5.05. The summed E-state index contributed by atoms with van der Waals surface area (Å²) in [6, 6.07) is -0.229. The fourth-order valence-electron chi connectivity index (χ4n) is 3.93. The molecule has 2 aromatic heterocycles. The second kappa shape index (κ2) is 6.42. The standard InChI is InChI=1S/C16H23N5O4S/c1-8-15(16(23)19-18-8)12(6-13(17)22)14-9(2)20-21(10(14)3)11-4-5-26(24,25)7-11/h11-12H,4-7H2,1-3H3,(H2,17,22)(H2,18,19,23)/t11-,12+/m1/s1. The van der Waals surface area contributed by atoms with Crippen molar-refractivity contribution in [2.24, 2.45) is 5.73 Å². The van der Waals surface area contributed by atoms with Gasteiger partial charge in [-0.1, -0.05) is 0 Å². The van der Waals surface area contributed by atoms with Gasteiger partial charge >= 0.3 is 0 Å². The van der Waals surface area contributed by atoms with Crippen LogP contribution in [-0.2, 0) is 14.6 Å². The van der Waals surface area contributed by atoms with Crippen molar-refractivity contribution in [3.05, 3.63) is 38.6 Å². The molecule has 0 saturated carbocycles. The molecule has 2 atom stereocenters. The molecule has 1 amide bonds. The Labute approximate surface area is 150 Å². The van der Waals surface area contributed by atoms with Crippen molar-refractivity contribution in [2.45, 2.75) is 45.6 Å². The molecule has 0 unspecified atom stereocenters. The van der Waals surface area contributed by atoms with Gasteiger partial charge in [0, 0.05) is 34.9 Å². The van der Waals surface area contributed by atoms with Crippen molar-refractivity contribution in [2.75, 3.05) is 11.5 Å². The van der Waals surface area contributed by atoms with Crippen LogP contribution < -0.4 is 11.3 Å². The van der Waals surface area contributed by atoms with Gasteiger partial charge in [-0.3, -0.25) is 19.4 Å². The summed E-state index contributed by atoms with van der Waals surface area (Å²) in [6.07, 6.45) is 0.478. The minimum atomic E-state index is -3.05. The summed E-state index contributed by atoms with van der Waals surface area (Å²) in [5, 5.41) is 9.84. The molecule has 142 valence electrons. The van der Waals surface area contributed by atoms with Crippen LogP contribution in [-0.4, -0.2) is 45.8 Å². The largest absolute Gasteiger partial charge is 0.370 e. The number of hydrogen-bond donors (Lipinski definition) is 3. The first kappa shape index (κ1) is 18.4. The molecule has 1 saturated heterocycles. The van der Waals surface area contributed by atoms with Crippen LogP contribution in [0.25, 0.3) is 0 Å². The Morgan fingerprint density at radius 1 is 1.31 bits per heavy atom. The number of aromatic amines is 2. The Morgan fingerprint density at radius 3 is 2.50 bits per heavy atom. The van der Waals surface area contributed by atoms with Crippen LogP contribution in [0.15, 0.2) is 4.79 Å². The summed E-state index contributed by atoms with van der Waals surface area (Å²) in [6.45, 7) is 5.39. The fourth-order valence-corrected chi connectivity index (χ4v) is 5.62. The van der Waals surface area contributed by atoms with E-state index in [2.05, 4.69) is 15.3 Å². The Bertz CT molecular complexity index is 1010. The predicted molar refractivity (Wildman–Crippen MR) is 95.8 cm³/mol. The number of amides is 1. The molecule has 3 rings (SSSR count). The number of aromatic nitrogens is 4.